The molecule has 0 spiro atoms. The standard InChI is InChI=1S/C15H16N6OS2/c1-4-12(22)17-14(23)16-11-7-5-6-10(8(11)2)13-20-21-9(3)18-19-15(21)24-13/h5-7H,4H2,1-3H3,(H2,16,17,22,23). The smallest absolute Gasteiger partial charge is 0.234 e. The lowest BCUT2D eigenvalue weighted by Crippen LogP contribution is -2.33. The first-order valence-electron chi connectivity index (χ1n) is 7.39. The fourth-order valence-electron chi connectivity index (χ4n) is 2.19. The second-order valence-electron chi connectivity index (χ2n) is 5.18. The van der Waals surface area contributed by atoms with Crippen molar-refractivity contribution in [3.63, 3.8) is 0 Å². The molecule has 0 atom stereocenters. The number of aromatic nitrogens is 4. The topological polar surface area (TPSA) is 84.2 Å². The van der Waals surface area contributed by atoms with Gasteiger partial charge in [0.15, 0.2) is 10.9 Å². The Morgan fingerprint density at radius 3 is 2.83 bits per heavy atom. The van der Waals surface area contributed by atoms with Gasteiger partial charge in [0, 0.05) is 17.7 Å². The minimum absolute atomic E-state index is 0.120. The van der Waals surface area contributed by atoms with Crippen molar-refractivity contribution in [1.82, 2.24) is 25.1 Å². The molecule has 0 aliphatic heterocycles. The van der Waals surface area contributed by atoms with Crippen LogP contribution >= 0.6 is 23.6 Å². The van der Waals surface area contributed by atoms with E-state index in [-0.39, 0.29) is 11.0 Å². The highest BCUT2D eigenvalue weighted by molar-refractivity contribution is 7.80. The third kappa shape index (κ3) is 3.13. The molecule has 0 saturated heterocycles. The van der Waals surface area contributed by atoms with Gasteiger partial charge in [-0.05, 0) is 37.7 Å². The van der Waals surface area contributed by atoms with Crippen LogP contribution in [-0.2, 0) is 4.79 Å². The fourth-order valence-corrected chi connectivity index (χ4v) is 3.39. The van der Waals surface area contributed by atoms with Crippen LogP contribution in [0.2, 0.25) is 0 Å². The lowest BCUT2D eigenvalue weighted by atomic mass is 10.1. The van der Waals surface area contributed by atoms with Crippen molar-refractivity contribution in [3.05, 3.63) is 29.6 Å². The second kappa shape index (κ2) is 6.62. The van der Waals surface area contributed by atoms with Crippen molar-refractivity contribution in [2.24, 2.45) is 0 Å². The molecule has 7 nitrogen and oxygen atoms in total. The van der Waals surface area contributed by atoms with Gasteiger partial charge < -0.3 is 10.6 Å². The third-order valence-corrected chi connectivity index (χ3v) is 4.67. The number of nitrogens with zero attached hydrogens (tertiary/aromatic N) is 4. The van der Waals surface area contributed by atoms with E-state index in [4.69, 9.17) is 12.2 Å². The molecule has 1 amide bonds. The highest BCUT2D eigenvalue weighted by atomic mass is 32.1. The number of fused-ring (bicyclic) bond motifs is 1. The summed E-state index contributed by atoms with van der Waals surface area (Å²) in [7, 11) is 0. The summed E-state index contributed by atoms with van der Waals surface area (Å²) in [5.74, 6) is 0.633. The van der Waals surface area contributed by atoms with Crippen molar-refractivity contribution in [2.45, 2.75) is 27.2 Å². The number of benzene rings is 1. The SMILES string of the molecule is CCC(=O)NC(=S)Nc1cccc(-c2nn3c(C)nnc3s2)c1C. The number of carbonyl (C=O) groups excluding carboxylic acids is 1. The van der Waals surface area contributed by atoms with Gasteiger partial charge in [-0.2, -0.15) is 9.61 Å². The van der Waals surface area contributed by atoms with E-state index in [0.717, 1.165) is 32.6 Å². The van der Waals surface area contributed by atoms with Crippen molar-refractivity contribution in [3.8, 4) is 10.6 Å². The Balaban J connectivity index is 1.90. The van der Waals surface area contributed by atoms with Crippen LogP contribution in [0.25, 0.3) is 15.5 Å². The summed E-state index contributed by atoms with van der Waals surface area (Å²) < 4.78 is 1.73. The number of aryl methyl sites for hydroxylation is 1. The van der Waals surface area contributed by atoms with Crippen LogP contribution in [0, 0.1) is 13.8 Å². The van der Waals surface area contributed by atoms with Crippen molar-refractivity contribution in [2.75, 3.05) is 5.32 Å². The zero-order valence-electron chi connectivity index (χ0n) is 13.5. The van der Waals surface area contributed by atoms with E-state index >= 15 is 0 Å². The largest absolute Gasteiger partial charge is 0.332 e. The van der Waals surface area contributed by atoms with E-state index in [2.05, 4.69) is 25.9 Å². The Morgan fingerprint density at radius 2 is 2.12 bits per heavy atom. The van der Waals surface area contributed by atoms with E-state index in [1.807, 2.05) is 32.0 Å². The van der Waals surface area contributed by atoms with Crippen LogP contribution < -0.4 is 10.6 Å². The number of thiocarbonyl (C=S) groups is 1. The molecular formula is C15H16N6OS2. The summed E-state index contributed by atoms with van der Waals surface area (Å²) >= 11 is 6.65. The van der Waals surface area contributed by atoms with Crippen LogP contribution in [0.4, 0.5) is 5.69 Å². The Labute approximate surface area is 148 Å². The van der Waals surface area contributed by atoms with Gasteiger partial charge in [-0.25, -0.2) is 0 Å². The van der Waals surface area contributed by atoms with Gasteiger partial charge in [0.1, 0.15) is 5.01 Å². The van der Waals surface area contributed by atoms with Crippen molar-refractivity contribution < 1.29 is 4.79 Å². The average Bonchev–Trinajstić information content (AvgIpc) is 3.11. The molecular weight excluding hydrogens is 344 g/mol. The lowest BCUT2D eigenvalue weighted by molar-refractivity contribution is -0.119. The molecule has 24 heavy (non-hydrogen) atoms. The number of nitrogens with one attached hydrogen (secondary N) is 2. The summed E-state index contributed by atoms with van der Waals surface area (Å²) in [5, 5.41) is 19.5. The van der Waals surface area contributed by atoms with E-state index in [0.29, 0.717) is 6.42 Å². The van der Waals surface area contributed by atoms with Gasteiger partial charge in [-0.15, -0.1) is 10.2 Å². The van der Waals surface area contributed by atoms with E-state index in [9.17, 15) is 4.79 Å². The fraction of sp³-hybridized carbons (Fsp3) is 0.267. The molecule has 2 heterocycles. The Hall–Kier alpha value is -2.39. The first-order chi connectivity index (χ1) is 11.5. The number of rotatable bonds is 3. The molecule has 3 rings (SSSR count). The first-order valence-corrected chi connectivity index (χ1v) is 8.61. The van der Waals surface area contributed by atoms with E-state index in [1.54, 1.807) is 11.4 Å². The molecule has 9 heteroatoms. The predicted molar refractivity (Wildman–Crippen MR) is 98.2 cm³/mol. The quantitative estimate of drug-likeness (QED) is 0.699. The predicted octanol–water partition coefficient (Wildman–Crippen LogP) is 2.69. The van der Waals surface area contributed by atoms with Crippen molar-refractivity contribution in [1.29, 1.82) is 0 Å². The summed E-state index contributed by atoms with van der Waals surface area (Å²) in [6.07, 6.45) is 0.382. The third-order valence-electron chi connectivity index (χ3n) is 3.53. The monoisotopic (exact) mass is 360 g/mol. The maximum atomic E-state index is 11.4. The molecule has 2 N–H and O–H groups in total. The maximum absolute atomic E-state index is 11.4. The summed E-state index contributed by atoms with van der Waals surface area (Å²) in [6.45, 7) is 5.62. The van der Waals surface area contributed by atoms with Gasteiger partial charge in [-0.3, -0.25) is 4.79 Å². The van der Waals surface area contributed by atoms with Gasteiger partial charge in [0.2, 0.25) is 10.9 Å². The molecule has 0 saturated carbocycles. The first kappa shape index (κ1) is 16.5. The van der Waals surface area contributed by atoms with E-state index < -0.39 is 0 Å². The second-order valence-corrected chi connectivity index (χ2v) is 6.55. The van der Waals surface area contributed by atoms with Gasteiger partial charge >= 0.3 is 0 Å². The summed E-state index contributed by atoms with van der Waals surface area (Å²) in [6, 6.07) is 5.83. The highest BCUT2D eigenvalue weighted by Crippen LogP contribution is 2.31. The molecule has 0 radical (unpaired) electrons. The highest BCUT2D eigenvalue weighted by Gasteiger charge is 2.14. The molecule has 1 aromatic carbocycles. The van der Waals surface area contributed by atoms with Crippen molar-refractivity contribution >= 4 is 45.2 Å². The molecule has 0 aliphatic rings. The van der Waals surface area contributed by atoms with Crippen LogP contribution in [0.1, 0.15) is 24.7 Å². The van der Waals surface area contributed by atoms with E-state index in [1.165, 1.54) is 11.3 Å². The molecule has 124 valence electrons. The maximum Gasteiger partial charge on any atom is 0.234 e. The van der Waals surface area contributed by atoms with Gasteiger partial charge in [0.05, 0.1) is 0 Å². The number of hydrogen-bond acceptors (Lipinski definition) is 6. The number of anilines is 1. The number of hydrogen-bond donors (Lipinski definition) is 2. The number of carbonyl (C=O) groups is 1. The summed E-state index contributed by atoms with van der Waals surface area (Å²) in [4.78, 5) is 12.2. The Kier molecular flexibility index (Phi) is 4.54. The Morgan fingerprint density at radius 1 is 1.33 bits per heavy atom. The Bertz CT molecular complexity index is 929. The van der Waals surface area contributed by atoms with Crippen LogP contribution in [0.15, 0.2) is 18.2 Å². The molecule has 0 fully saturated rings. The summed E-state index contributed by atoms with van der Waals surface area (Å²) in [5.41, 5.74) is 2.81. The molecule has 0 bridgehead atoms. The minimum Gasteiger partial charge on any atom is -0.332 e. The zero-order chi connectivity index (χ0) is 17.3. The average molecular weight is 360 g/mol. The van der Waals surface area contributed by atoms with Gasteiger partial charge in [-0.1, -0.05) is 30.4 Å². The lowest BCUT2D eigenvalue weighted by Gasteiger charge is -2.13. The van der Waals surface area contributed by atoms with Crippen LogP contribution in [0.3, 0.4) is 0 Å². The zero-order valence-corrected chi connectivity index (χ0v) is 15.1. The minimum atomic E-state index is -0.120. The van der Waals surface area contributed by atoms with Gasteiger partial charge in [0.25, 0.3) is 0 Å². The van der Waals surface area contributed by atoms with Crippen LogP contribution in [-0.4, -0.2) is 30.8 Å². The molecule has 0 aliphatic carbocycles. The molecule has 2 aromatic heterocycles. The number of amides is 1. The van der Waals surface area contributed by atoms with Crippen LogP contribution in [0.5, 0.6) is 0 Å². The molecule has 0 unspecified atom stereocenters. The normalized spacial score (nSPS) is 10.8. The molecule has 3 aromatic rings.